The number of fused-ring (bicyclic) bond motifs is 1. The maximum Gasteiger partial charge on any atom is 0.231 e. The summed E-state index contributed by atoms with van der Waals surface area (Å²) in [4.78, 5) is 4.50. The van der Waals surface area contributed by atoms with Crippen molar-refractivity contribution in [3.05, 3.63) is 53.3 Å². The molecule has 1 aromatic carbocycles. The molecule has 2 heterocycles. The first-order valence-electron chi connectivity index (χ1n) is 7.31. The summed E-state index contributed by atoms with van der Waals surface area (Å²) in [6.45, 7) is 5.44. The summed E-state index contributed by atoms with van der Waals surface area (Å²) in [6.07, 6.45) is 2.71. The SMILES string of the molecule is CCNC(Cc1ncccc1C)c1ccc2c(c1)OCO2. The fraction of sp³-hybridized carbons (Fsp3) is 0.353. The summed E-state index contributed by atoms with van der Waals surface area (Å²) in [6, 6.07) is 10.4. The standard InChI is InChI=1S/C17H20N2O2/c1-3-18-15(10-14-12(2)5-4-8-19-14)13-6-7-16-17(9-13)21-11-20-16/h4-9,15,18H,3,10-11H2,1-2H3. The van der Waals surface area contributed by atoms with Crippen LogP contribution in [0.15, 0.2) is 36.5 Å². The normalized spacial score (nSPS) is 14.2. The van der Waals surface area contributed by atoms with Gasteiger partial charge in [0.1, 0.15) is 0 Å². The highest BCUT2D eigenvalue weighted by Gasteiger charge is 2.18. The summed E-state index contributed by atoms with van der Waals surface area (Å²) in [5.74, 6) is 1.65. The molecule has 0 radical (unpaired) electrons. The number of ether oxygens (including phenoxy) is 2. The van der Waals surface area contributed by atoms with Gasteiger partial charge in [0, 0.05) is 24.4 Å². The van der Waals surface area contributed by atoms with E-state index in [1.165, 1.54) is 11.1 Å². The number of nitrogens with zero attached hydrogens (tertiary/aromatic N) is 1. The molecule has 1 aliphatic rings. The molecule has 0 fully saturated rings. The van der Waals surface area contributed by atoms with Crippen molar-refractivity contribution in [3.8, 4) is 11.5 Å². The van der Waals surface area contributed by atoms with E-state index in [9.17, 15) is 0 Å². The number of nitrogens with one attached hydrogen (secondary N) is 1. The van der Waals surface area contributed by atoms with Gasteiger partial charge in [-0.05, 0) is 42.8 Å². The van der Waals surface area contributed by atoms with Crippen LogP contribution < -0.4 is 14.8 Å². The fourth-order valence-electron chi connectivity index (χ4n) is 2.61. The van der Waals surface area contributed by atoms with E-state index in [1.807, 2.05) is 18.3 Å². The Kier molecular flexibility index (Phi) is 4.06. The zero-order valence-electron chi connectivity index (χ0n) is 12.4. The van der Waals surface area contributed by atoms with Crippen LogP contribution in [-0.4, -0.2) is 18.3 Å². The second kappa shape index (κ2) is 6.14. The Morgan fingerprint density at radius 3 is 2.90 bits per heavy atom. The molecule has 0 saturated carbocycles. The van der Waals surface area contributed by atoms with Gasteiger partial charge in [-0.15, -0.1) is 0 Å². The zero-order valence-corrected chi connectivity index (χ0v) is 12.4. The minimum Gasteiger partial charge on any atom is -0.454 e. The topological polar surface area (TPSA) is 43.4 Å². The molecule has 1 aliphatic heterocycles. The zero-order chi connectivity index (χ0) is 14.7. The van der Waals surface area contributed by atoms with Crippen molar-refractivity contribution >= 4 is 0 Å². The Labute approximate surface area is 125 Å². The summed E-state index contributed by atoms with van der Waals surface area (Å²) in [5.41, 5.74) is 3.55. The molecule has 21 heavy (non-hydrogen) atoms. The minimum atomic E-state index is 0.220. The van der Waals surface area contributed by atoms with Crippen LogP contribution in [0.1, 0.15) is 29.8 Å². The molecule has 4 heteroatoms. The lowest BCUT2D eigenvalue weighted by Crippen LogP contribution is -2.23. The predicted molar refractivity (Wildman–Crippen MR) is 81.7 cm³/mol. The number of pyridine rings is 1. The summed E-state index contributed by atoms with van der Waals surface area (Å²) in [7, 11) is 0. The molecule has 1 atom stereocenters. The maximum absolute atomic E-state index is 5.48. The fourth-order valence-corrected chi connectivity index (χ4v) is 2.61. The predicted octanol–water partition coefficient (Wildman–Crippen LogP) is 3.01. The van der Waals surface area contributed by atoms with Gasteiger partial charge in [0.05, 0.1) is 0 Å². The summed E-state index contributed by atoms with van der Waals surface area (Å²) in [5, 5.41) is 3.53. The third-order valence-electron chi connectivity index (χ3n) is 3.76. The van der Waals surface area contributed by atoms with Gasteiger partial charge in [-0.2, -0.15) is 0 Å². The Balaban J connectivity index is 1.86. The minimum absolute atomic E-state index is 0.220. The highest BCUT2D eigenvalue weighted by molar-refractivity contribution is 5.45. The molecule has 0 spiro atoms. The average Bonchev–Trinajstić information content (AvgIpc) is 2.96. The van der Waals surface area contributed by atoms with Gasteiger partial charge in [0.25, 0.3) is 0 Å². The van der Waals surface area contributed by atoms with Crippen LogP contribution in [0.25, 0.3) is 0 Å². The summed E-state index contributed by atoms with van der Waals surface area (Å²) >= 11 is 0. The van der Waals surface area contributed by atoms with Crippen molar-refractivity contribution in [1.82, 2.24) is 10.3 Å². The van der Waals surface area contributed by atoms with E-state index in [1.54, 1.807) is 0 Å². The third-order valence-corrected chi connectivity index (χ3v) is 3.76. The van der Waals surface area contributed by atoms with Crippen LogP contribution in [0.5, 0.6) is 11.5 Å². The molecule has 1 N–H and O–H groups in total. The number of aryl methyl sites for hydroxylation is 1. The lowest BCUT2D eigenvalue weighted by Gasteiger charge is -2.19. The number of aromatic nitrogens is 1. The molecule has 2 aromatic rings. The number of hydrogen-bond acceptors (Lipinski definition) is 4. The van der Waals surface area contributed by atoms with Crippen LogP contribution in [0, 0.1) is 6.92 Å². The molecular formula is C17H20N2O2. The smallest absolute Gasteiger partial charge is 0.231 e. The van der Waals surface area contributed by atoms with E-state index in [2.05, 4.69) is 42.3 Å². The molecule has 3 rings (SSSR count). The molecule has 4 nitrogen and oxygen atoms in total. The first kappa shape index (κ1) is 13.9. The quantitative estimate of drug-likeness (QED) is 0.916. The monoisotopic (exact) mass is 284 g/mol. The Bertz CT molecular complexity index is 628. The van der Waals surface area contributed by atoms with E-state index >= 15 is 0 Å². The average molecular weight is 284 g/mol. The number of likely N-dealkylation sites (N-methyl/N-ethyl adjacent to an activating group) is 1. The summed E-state index contributed by atoms with van der Waals surface area (Å²) < 4.78 is 10.9. The van der Waals surface area contributed by atoms with E-state index in [-0.39, 0.29) is 6.04 Å². The first-order chi connectivity index (χ1) is 10.3. The number of benzene rings is 1. The van der Waals surface area contributed by atoms with Crippen molar-refractivity contribution in [2.75, 3.05) is 13.3 Å². The van der Waals surface area contributed by atoms with Gasteiger partial charge in [0.15, 0.2) is 11.5 Å². The van der Waals surface area contributed by atoms with Crippen LogP contribution in [0.3, 0.4) is 0 Å². The third kappa shape index (κ3) is 3.00. The van der Waals surface area contributed by atoms with Gasteiger partial charge >= 0.3 is 0 Å². The Morgan fingerprint density at radius 2 is 2.10 bits per heavy atom. The highest BCUT2D eigenvalue weighted by Crippen LogP contribution is 2.34. The maximum atomic E-state index is 5.48. The number of rotatable bonds is 5. The van der Waals surface area contributed by atoms with Gasteiger partial charge < -0.3 is 14.8 Å². The van der Waals surface area contributed by atoms with Gasteiger partial charge in [-0.25, -0.2) is 0 Å². The Hall–Kier alpha value is -2.07. The van der Waals surface area contributed by atoms with Crippen LogP contribution in [-0.2, 0) is 6.42 Å². The molecular weight excluding hydrogens is 264 g/mol. The molecule has 1 unspecified atom stereocenters. The highest BCUT2D eigenvalue weighted by atomic mass is 16.7. The van der Waals surface area contributed by atoms with E-state index in [0.29, 0.717) is 6.79 Å². The van der Waals surface area contributed by atoms with Gasteiger partial charge in [-0.1, -0.05) is 19.1 Å². The van der Waals surface area contributed by atoms with Crippen molar-refractivity contribution in [2.45, 2.75) is 26.3 Å². The van der Waals surface area contributed by atoms with Crippen molar-refractivity contribution in [3.63, 3.8) is 0 Å². The molecule has 1 aromatic heterocycles. The van der Waals surface area contributed by atoms with Crippen molar-refractivity contribution < 1.29 is 9.47 Å². The lowest BCUT2D eigenvalue weighted by molar-refractivity contribution is 0.174. The lowest BCUT2D eigenvalue weighted by atomic mass is 9.99. The van der Waals surface area contributed by atoms with E-state index in [4.69, 9.17) is 9.47 Å². The largest absolute Gasteiger partial charge is 0.454 e. The molecule has 0 saturated heterocycles. The second-order valence-corrected chi connectivity index (χ2v) is 5.19. The molecule has 110 valence electrons. The van der Waals surface area contributed by atoms with Crippen LogP contribution in [0.2, 0.25) is 0 Å². The second-order valence-electron chi connectivity index (χ2n) is 5.19. The van der Waals surface area contributed by atoms with Crippen LogP contribution in [0.4, 0.5) is 0 Å². The Morgan fingerprint density at radius 1 is 1.24 bits per heavy atom. The molecule has 0 aliphatic carbocycles. The first-order valence-corrected chi connectivity index (χ1v) is 7.31. The van der Waals surface area contributed by atoms with Crippen LogP contribution >= 0.6 is 0 Å². The van der Waals surface area contributed by atoms with Gasteiger partial charge in [0.2, 0.25) is 6.79 Å². The number of hydrogen-bond donors (Lipinski definition) is 1. The van der Waals surface area contributed by atoms with E-state index < -0.39 is 0 Å². The van der Waals surface area contributed by atoms with Gasteiger partial charge in [-0.3, -0.25) is 4.98 Å². The molecule has 0 amide bonds. The van der Waals surface area contributed by atoms with Crippen molar-refractivity contribution in [1.29, 1.82) is 0 Å². The molecule has 0 bridgehead atoms. The van der Waals surface area contributed by atoms with Crippen molar-refractivity contribution in [2.24, 2.45) is 0 Å². The van der Waals surface area contributed by atoms with E-state index in [0.717, 1.165) is 30.2 Å².